The van der Waals surface area contributed by atoms with Crippen molar-refractivity contribution in [3.05, 3.63) is 29.8 Å². The van der Waals surface area contributed by atoms with E-state index in [-0.39, 0.29) is 18.3 Å². The molecule has 0 aliphatic carbocycles. The summed E-state index contributed by atoms with van der Waals surface area (Å²) >= 11 is 0. The minimum atomic E-state index is 0. The molecule has 23 heavy (non-hydrogen) atoms. The fourth-order valence-electron chi connectivity index (χ4n) is 2.92. The molecule has 1 aromatic carbocycles. The number of benzene rings is 1. The SMILES string of the molecule is COc1ccc(CCCN(C)C(=O)CCC2CCNC2)cc1.Cl. The minimum absolute atomic E-state index is 0. The number of hydrogen-bond donors (Lipinski definition) is 1. The second kappa shape index (κ2) is 10.5. The molecule has 2 rings (SSSR count). The van der Waals surface area contributed by atoms with Crippen LogP contribution in [0.3, 0.4) is 0 Å². The lowest BCUT2D eigenvalue weighted by atomic mass is 10.0. The summed E-state index contributed by atoms with van der Waals surface area (Å²) in [4.78, 5) is 14.0. The van der Waals surface area contributed by atoms with Crippen molar-refractivity contribution in [2.45, 2.75) is 32.1 Å². The van der Waals surface area contributed by atoms with Crippen LogP contribution in [-0.4, -0.2) is 44.6 Å². The number of halogens is 1. The van der Waals surface area contributed by atoms with Crippen LogP contribution >= 0.6 is 12.4 Å². The molecule has 1 aliphatic heterocycles. The molecule has 1 aliphatic rings. The van der Waals surface area contributed by atoms with Crippen molar-refractivity contribution in [2.75, 3.05) is 33.8 Å². The van der Waals surface area contributed by atoms with Gasteiger partial charge in [0.05, 0.1) is 7.11 Å². The Morgan fingerprint density at radius 1 is 1.35 bits per heavy atom. The van der Waals surface area contributed by atoms with E-state index >= 15 is 0 Å². The van der Waals surface area contributed by atoms with E-state index in [1.165, 1.54) is 12.0 Å². The predicted molar refractivity (Wildman–Crippen MR) is 96.4 cm³/mol. The first-order valence-electron chi connectivity index (χ1n) is 8.26. The molecule has 1 saturated heterocycles. The molecule has 1 unspecified atom stereocenters. The van der Waals surface area contributed by atoms with Gasteiger partial charge in [0.1, 0.15) is 5.75 Å². The number of nitrogens with zero attached hydrogens (tertiary/aromatic N) is 1. The second-order valence-electron chi connectivity index (χ2n) is 6.16. The van der Waals surface area contributed by atoms with Gasteiger partial charge in [-0.05, 0) is 62.4 Å². The van der Waals surface area contributed by atoms with Gasteiger partial charge in [0.15, 0.2) is 0 Å². The summed E-state index contributed by atoms with van der Waals surface area (Å²) in [5, 5.41) is 3.35. The van der Waals surface area contributed by atoms with Crippen LogP contribution in [0.15, 0.2) is 24.3 Å². The summed E-state index contributed by atoms with van der Waals surface area (Å²) in [7, 11) is 3.60. The Labute approximate surface area is 146 Å². The van der Waals surface area contributed by atoms with Crippen molar-refractivity contribution in [1.29, 1.82) is 0 Å². The van der Waals surface area contributed by atoms with Gasteiger partial charge in [-0.1, -0.05) is 12.1 Å². The predicted octanol–water partition coefficient (Wildman–Crippen LogP) is 2.90. The highest BCUT2D eigenvalue weighted by molar-refractivity contribution is 5.85. The van der Waals surface area contributed by atoms with Crippen molar-refractivity contribution >= 4 is 18.3 Å². The van der Waals surface area contributed by atoms with Gasteiger partial charge in [0.2, 0.25) is 5.91 Å². The Morgan fingerprint density at radius 2 is 2.09 bits per heavy atom. The van der Waals surface area contributed by atoms with Crippen LogP contribution < -0.4 is 10.1 Å². The summed E-state index contributed by atoms with van der Waals surface area (Å²) in [6, 6.07) is 8.15. The Balaban J connectivity index is 0.00000264. The zero-order valence-corrected chi connectivity index (χ0v) is 15.0. The Kier molecular flexibility index (Phi) is 9.03. The Hall–Kier alpha value is -1.26. The Bertz CT molecular complexity index is 459. The van der Waals surface area contributed by atoms with Crippen molar-refractivity contribution in [3.8, 4) is 5.75 Å². The van der Waals surface area contributed by atoms with Gasteiger partial charge >= 0.3 is 0 Å². The number of ether oxygens (including phenoxy) is 1. The number of nitrogens with one attached hydrogen (secondary N) is 1. The smallest absolute Gasteiger partial charge is 0.222 e. The topological polar surface area (TPSA) is 41.6 Å². The lowest BCUT2D eigenvalue weighted by Crippen LogP contribution is -2.28. The first-order valence-corrected chi connectivity index (χ1v) is 8.26. The molecule has 0 saturated carbocycles. The summed E-state index contributed by atoms with van der Waals surface area (Å²) in [5.41, 5.74) is 1.29. The van der Waals surface area contributed by atoms with Crippen LogP contribution in [-0.2, 0) is 11.2 Å². The fourth-order valence-corrected chi connectivity index (χ4v) is 2.92. The van der Waals surface area contributed by atoms with Gasteiger partial charge in [-0.2, -0.15) is 0 Å². The first-order chi connectivity index (χ1) is 10.7. The van der Waals surface area contributed by atoms with Crippen LogP contribution in [0, 0.1) is 5.92 Å². The Morgan fingerprint density at radius 3 is 2.70 bits per heavy atom. The van der Waals surface area contributed by atoms with Crippen molar-refractivity contribution < 1.29 is 9.53 Å². The van der Waals surface area contributed by atoms with E-state index in [0.717, 1.165) is 44.6 Å². The molecular weight excluding hydrogens is 312 g/mol. The highest BCUT2D eigenvalue weighted by atomic mass is 35.5. The van der Waals surface area contributed by atoms with Crippen molar-refractivity contribution in [1.82, 2.24) is 10.2 Å². The molecule has 5 heteroatoms. The number of hydrogen-bond acceptors (Lipinski definition) is 3. The van der Waals surface area contributed by atoms with E-state index in [4.69, 9.17) is 4.74 Å². The van der Waals surface area contributed by atoms with Crippen molar-refractivity contribution in [3.63, 3.8) is 0 Å². The summed E-state index contributed by atoms with van der Waals surface area (Å²) in [6.45, 7) is 3.01. The van der Waals surface area contributed by atoms with Crippen LogP contribution in [0.5, 0.6) is 5.75 Å². The normalized spacial score (nSPS) is 16.7. The molecule has 0 aromatic heterocycles. The molecule has 130 valence electrons. The highest BCUT2D eigenvalue weighted by Gasteiger charge is 2.17. The molecule has 1 aromatic rings. The molecule has 0 radical (unpaired) electrons. The number of methoxy groups -OCH3 is 1. The third-order valence-electron chi connectivity index (χ3n) is 4.47. The van der Waals surface area contributed by atoms with Crippen LogP contribution in [0.25, 0.3) is 0 Å². The first kappa shape index (κ1) is 19.8. The molecule has 0 spiro atoms. The molecule has 4 nitrogen and oxygen atoms in total. The quantitative estimate of drug-likeness (QED) is 0.791. The van der Waals surface area contributed by atoms with E-state index in [2.05, 4.69) is 17.4 Å². The van der Waals surface area contributed by atoms with Crippen LogP contribution in [0.2, 0.25) is 0 Å². The monoisotopic (exact) mass is 340 g/mol. The van der Waals surface area contributed by atoms with E-state index < -0.39 is 0 Å². The third-order valence-corrected chi connectivity index (χ3v) is 4.47. The maximum atomic E-state index is 12.1. The molecule has 1 amide bonds. The van der Waals surface area contributed by atoms with Gasteiger partial charge in [-0.3, -0.25) is 4.79 Å². The lowest BCUT2D eigenvalue weighted by Gasteiger charge is -2.18. The van der Waals surface area contributed by atoms with Gasteiger partial charge < -0.3 is 15.0 Å². The number of aryl methyl sites for hydroxylation is 1. The summed E-state index contributed by atoms with van der Waals surface area (Å²) in [5.74, 6) is 1.86. The molecule has 0 bridgehead atoms. The van der Waals surface area contributed by atoms with E-state index in [0.29, 0.717) is 12.3 Å². The van der Waals surface area contributed by atoms with Gasteiger partial charge in [-0.15, -0.1) is 12.4 Å². The summed E-state index contributed by atoms with van der Waals surface area (Å²) < 4.78 is 5.16. The van der Waals surface area contributed by atoms with Crippen molar-refractivity contribution in [2.24, 2.45) is 5.92 Å². The lowest BCUT2D eigenvalue weighted by molar-refractivity contribution is -0.130. The second-order valence-corrected chi connectivity index (χ2v) is 6.16. The number of carbonyl (C=O) groups excluding carboxylic acids is 1. The zero-order valence-electron chi connectivity index (χ0n) is 14.2. The van der Waals surface area contributed by atoms with E-state index in [1.54, 1.807) is 7.11 Å². The molecule has 1 heterocycles. The third kappa shape index (κ3) is 6.80. The van der Waals surface area contributed by atoms with E-state index in [9.17, 15) is 4.79 Å². The largest absolute Gasteiger partial charge is 0.497 e. The highest BCUT2D eigenvalue weighted by Crippen LogP contribution is 2.15. The zero-order chi connectivity index (χ0) is 15.8. The average Bonchev–Trinajstić information content (AvgIpc) is 3.06. The fraction of sp³-hybridized carbons (Fsp3) is 0.611. The van der Waals surface area contributed by atoms with Gasteiger partial charge in [0.25, 0.3) is 0 Å². The van der Waals surface area contributed by atoms with Crippen LogP contribution in [0.4, 0.5) is 0 Å². The number of rotatable bonds is 8. The van der Waals surface area contributed by atoms with Gasteiger partial charge in [0, 0.05) is 20.0 Å². The van der Waals surface area contributed by atoms with Gasteiger partial charge in [-0.25, -0.2) is 0 Å². The van der Waals surface area contributed by atoms with Crippen LogP contribution in [0.1, 0.15) is 31.2 Å². The average molecular weight is 341 g/mol. The molecule has 1 N–H and O–H groups in total. The maximum absolute atomic E-state index is 12.1. The number of amides is 1. The van der Waals surface area contributed by atoms with E-state index in [1.807, 2.05) is 24.1 Å². The summed E-state index contributed by atoms with van der Waals surface area (Å²) in [6.07, 6.45) is 4.92. The number of carbonyl (C=O) groups is 1. The standard InChI is InChI=1S/C18H28N2O2.ClH/c1-20(18(21)10-7-16-11-12-19-14-16)13-3-4-15-5-8-17(22-2)9-6-15;/h5-6,8-9,16,19H,3-4,7,10-14H2,1-2H3;1H. The molecule has 1 atom stereocenters. The minimum Gasteiger partial charge on any atom is -0.497 e. The molecular formula is C18H29ClN2O2. The molecule has 1 fully saturated rings. The maximum Gasteiger partial charge on any atom is 0.222 e.